The molecule has 0 saturated carbocycles. The molecule has 0 bridgehead atoms. The number of hydrogen-bond acceptors (Lipinski definition) is 8. The first kappa shape index (κ1) is 19.2. The predicted octanol–water partition coefficient (Wildman–Crippen LogP) is -0.219. The lowest BCUT2D eigenvalue weighted by Gasteiger charge is -2.20. The van der Waals surface area contributed by atoms with Crippen LogP contribution in [0.1, 0.15) is 6.42 Å². The minimum atomic E-state index is -0.599. The third kappa shape index (κ3) is 4.57. The van der Waals surface area contributed by atoms with Crippen molar-refractivity contribution in [3.05, 3.63) is 22.0 Å². The van der Waals surface area contributed by atoms with E-state index in [1.165, 1.54) is 9.80 Å². The third-order valence-corrected chi connectivity index (χ3v) is 5.53. The minimum Gasteiger partial charge on any atom is -0.337 e. The van der Waals surface area contributed by atoms with Gasteiger partial charge in [-0.3, -0.25) is 39.4 Å². The molecule has 10 nitrogen and oxygen atoms in total. The molecule has 0 unspecified atom stereocenters. The molecule has 12 heteroatoms. The molecular formula is C15H14N4O6S2. The average Bonchev–Trinajstić information content (AvgIpc) is 2.96. The second kappa shape index (κ2) is 7.96. The Labute approximate surface area is 161 Å². The first-order valence-corrected chi connectivity index (χ1v) is 9.54. The highest BCUT2D eigenvalue weighted by atomic mass is 32.2. The van der Waals surface area contributed by atoms with Gasteiger partial charge >= 0.3 is 0 Å². The highest BCUT2D eigenvalue weighted by Gasteiger charge is 2.29. The van der Waals surface area contributed by atoms with E-state index in [1.807, 2.05) is 0 Å². The molecular weight excluding hydrogens is 396 g/mol. The van der Waals surface area contributed by atoms with E-state index >= 15 is 0 Å². The standard InChI is InChI=1S/C15H14N4O6S2/c20-10(6-8-12(22)16-14(24)26-8)18-2-1-3-19(5-4-18)11(21)7-9-13(23)17-15(25)27-9/h6-7H,1-5H2,(H,16,22,24)(H,17,23,25)/b8-6-,9-7+. The van der Waals surface area contributed by atoms with Gasteiger partial charge < -0.3 is 9.80 Å². The van der Waals surface area contributed by atoms with Crippen LogP contribution < -0.4 is 10.6 Å². The van der Waals surface area contributed by atoms with Crippen LogP contribution >= 0.6 is 23.5 Å². The molecule has 2 N–H and O–H groups in total. The van der Waals surface area contributed by atoms with Crippen LogP contribution in [0.4, 0.5) is 9.59 Å². The highest BCUT2D eigenvalue weighted by Crippen LogP contribution is 2.24. The number of imide groups is 2. The zero-order valence-electron chi connectivity index (χ0n) is 13.9. The van der Waals surface area contributed by atoms with Crippen molar-refractivity contribution in [1.82, 2.24) is 20.4 Å². The fraction of sp³-hybridized carbons (Fsp3) is 0.333. The van der Waals surface area contributed by atoms with Crippen LogP contribution in [0.5, 0.6) is 0 Å². The molecule has 3 saturated heterocycles. The second-order valence-electron chi connectivity index (χ2n) is 5.71. The number of carbonyl (C=O) groups is 6. The Morgan fingerprint density at radius 2 is 1.15 bits per heavy atom. The summed E-state index contributed by atoms with van der Waals surface area (Å²) in [5, 5.41) is 3.11. The van der Waals surface area contributed by atoms with Gasteiger partial charge in [0.1, 0.15) is 0 Å². The third-order valence-electron chi connectivity index (χ3n) is 3.91. The molecule has 27 heavy (non-hydrogen) atoms. The van der Waals surface area contributed by atoms with E-state index in [4.69, 9.17) is 0 Å². The van der Waals surface area contributed by atoms with Crippen molar-refractivity contribution in [3.63, 3.8) is 0 Å². The van der Waals surface area contributed by atoms with Crippen LogP contribution in [0.3, 0.4) is 0 Å². The van der Waals surface area contributed by atoms with Crippen molar-refractivity contribution in [3.8, 4) is 0 Å². The number of amides is 6. The predicted molar refractivity (Wildman–Crippen MR) is 96.2 cm³/mol. The second-order valence-corrected chi connectivity index (χ2v) is 7.74. The van der Waals surface area contributed by atoms with Crippen molar-refractivity contribution < 1.29 is 28.8 Å². The SMILES string of the molecule is O=C1NC(=O)/C(=C/C(=O)N2CCCN(C(=O)/C=C3/SC(=O)NC3=O)CC2)S1. The summed E-state index contributed by atoms with van der Waals surface area (Å²) in [5.74, 6) is -2.02. The molecule has 3 aliphatic heterocycles. The number of nitrogens with zero attached hydrogens (tertiary/aromatic N) is 2. The molecule has 0 atom stereocenters. The molecule has 0 aromatic carbocycles. The van der Waals surface area contributed by atoms with Gasteiger partial charge in [0.25, 0.3) is 22.3 Å². The van der Waals surface area contributed by atoms with Gasteiger partial charge in [-0.25, -0.2) is 0 Å². The normalized spacial score (nSPS) is 23.7. The topological polar surface area (TPSA) is 133 Å². The van der Waals surface area contributed by atoms with Crippen LogP contribution in [-0.2, 0) is 19.2 Å². The van der Waals surface area contributed by atoms with Crippen molar-refractivity contribution >= 4 is 57.6 Å². The van der Waals surface area contributed by atoms with E-state index in [0.717, 1.165) is 12.2 Å². The molecule has 3 heterocycles. The maximum Gasteiger partial charge on any atom is 0.290 e. The van der Waals surface area contributed by atoms with Gasteiger partial charge in [-0.15, -0.1) is 0 Å². The van der Waals surface area contributed by atoms with Crippen LogP contribution in [-0.4, -0.2) is 70.1 Å². The summed E-state index contributed by atoms with van der Waals surface area (Å²) in [4.78, 5) is 73.0. The summed E-state index contributed by atoms with van der Waals surface area (Å²) < 4.78 is 0. The molecule has 3 fully saturated rings. The van der Waals surface area contributed by atoms with E-state index in [1.54, 1.807) is 0 Å². The lowest BCUT2D eigenvalue weighted by atomic mass is 10.3. The number of thioether (sulfide) groups is 2. The lowest BCUT2D eigenvalue weighted by Crippen LogP contribution is -2.36. The zero-order chi connectivity index (χ0) is 19.6. The maximum absolute atomic E-state index is 12.3. The van der Waals surface area contributed by atoms with Crippen LogP contribution in [0.15, 0.2) is 22.0 Å². The molecule has 0 spiro atoms. The number of carbonyl (C=O) groups excluding carboxylic acids is 6. The largest absolute Gasteiger partial charge is 0.337 e. The summed E-state index contributed by atoms with van der Waals surface area (Å²) in [6.07, 6.45) is 2.76. The summed E-state index contributed by atoms with van der Waals surface area (Å²) >= 11 is 1.34. The zero-order valence-corrected chi connectivity index (χ0v) is 15.5. The van der Waals surface area contributed by atoms with E-state index in [-0.39, 0.29) is 22.9 Å². The van der Waals surface area contributed by atoms with Crippen molar-refractivity contribution in [2.75, 3.05) is 26.2 Å². The van der Waals surface area contributed by atoms with Crippen LogP contribution in [0.2, 0.25) is 0 Å². The molecule has 142 valence electrons. The monoisotopic (exact) mass is 410 g/mol. The minimum absolute atomic E-state index is 0.0425. The van der Waals surface area contributed by atoms with Crippen molar-refractivity contribution in [2.24, 2.45) is 0 Å². The maximum atomic E-state index is 12.3. The van der Waals surface area contributed by atoms with Crippen LogP contribution in [0.25, 0.3) is 0 Å². The van der Waals surface area contributed by atoms with Gasteiger partial charge in [0, 0.05) is 38.3 Å². The Morgan fingerprint density at radius 1 is 0.741 bits per heavy atom. The molecule has 0 aromatic rings. The van der Waals surface area contributed by atoms with E-state index in [9.17, 15) is 28.8 Å². The van der Waals surface area contributed by atoms with E-state index < -0.39 is 34.1 Å². The molecule has 0 aliphatic carbocycles. The Kier molecular flexibility index (Phi) is 5.65. The summed E-state index contributed by atoms with van der Waals surface area (Å²) in [5.41, 5.74) is 0. The average molecular weight is 410 g/mol. The highest BCUT2D eigenvalue weighted by molar-refractivity contribution is 8.18. The van der Waals surface area contributed by atoms with Gasteiger partial charge in [-0.2, -0.15) is 0 Å². The quantitative estimate of drug-likeness (QED) is 0.597. The van der Waals surface area contributed by atoms with Crippen LogP contribution in [0, 0.1) is 0 Å². The Bertz CT molecular complexity index is 755. The first-order chi connectivity index (χ1) is 12.8. The van der Waals surface area contributed by atoms with Gasteiger partial charge in [0.05, 0.1) is 9.81 Å². The summed E-state index contributed by atoms with van der Waals surface area (Å²) in [6.45, 7) is 1.26. The number of rotatable bonds is 2. The van der Waals surface area contributed by atoms with Gasteiger partial charge in [-0.05, 0) is 29.9 Å². The van der Waals surface area contributed by atoms with E-state index in [0.29, 0.717) is 43.0 Å². The van der Waals surface area contributed by atoms with Crippen molar-refractivity contribution in [1.29, 1.82) is 0 Å². The summed E-state index contributed by atoms with van der Waals surface area (Å²) in [7, 11) is 0. The fourth-order valence-electron chi connectivity index (χ4n) is 2.61. The lowest BCUT2D eigenvalue weighted by molar-refractivity contribution is -0.128. The summed E-state index contributed by atoms with van der Waals surface area (Å²) in [6, 6.07) is 0. The number of hydrogen-bond donors (Lipinski definition) is 2. The molecule has 0 radical (unpaired) electrons. The Hall–Kier alpha value is -2.60. The molecule has 3 aliphatic rings. The van der Waals surface area contributed by atoms with E-state index in [2.05, 4.69) is 10.6 Å². The van der Waals surface area contributed by atoms with Gasteiger partial charge in [0.15, 0.2) is 0 Å². The molecule has 3 rings (SSSR count). The Morgan fingerprint density at radius 3 is 1.48 bits per heavy atom. The van der Waals surface area contributed by atoms with Crippen molar-refractivity contribution in [2.45, 2.75) is 6.42 Å². The first-order valence-electron chi connectivity index (χ1n) is 7.91. The smallest absolute Gasteiger partial charge is 0.290 e. The van der Waals surface area contributed by atoms with Gasteiger partial charge in [-0.1, -0.05) is 0 Å². The molecule has 6 amide bonds. The fourth-order valence-corrected chi connectivity index (χ4v) is 3.90. The number of nitrogens with one attached hydrogen (secondary N) is 2. The molecule has 0 aromatic heterocycles. The van der Waals surface area contributed by atoms with Gasteiger partial charge in [0.2, 0.25) is 11.8 Å². The Balaban J connectivity index is 1.60.